The highest BCUT2D eigenvalue weighted by Gasteiger charge is 2.10. The number of ether oxygens (including phenoxy) is 1. The molecule has 134 valence electrons. The smallest absolute Gasteiger partial charge is 0.320 e. The van der Waals surface area contributed by atoms with Gasteiger partial charge in [0.15, 0.2) is 0 Å². The van der Waals surface area contributed by atoms with Crippen molar-refractivity contribution in [3.63, 3.8) is 0 Å². The van der Waals surface area contributed by atoms with E-state index in [1.807, 2.05) is 18.2 Å². The third-order valence-electron chi connectivity index (χ3n) is 3.32. The number of aliphatic hydroxyl groups excluding tert-OH is 1. The standard InChI is InChI=1S/C18H23N3O4/c1-13(20-18(24)21-14-5-3-2-4-6-14)19-11-16(23)12-25-17-9-7-15(22)8-10-17/h2-10,13,16,19,22-23H,11-12H2,1H3,(H2,20,21,24). The van der Waals surface area contributed by atoms with E-state index >= 15 is 0 Å². The lowest BCUT2D eigenvalue weighted by Crippen LogP contribution is -2.48. The van der Waals surface area contributed by atoms with Gasteiger partial charge in [0.2, 0.25) is 0 Å². The zero-order valence-corrected chi connectivity index (χ0v) is 14.0. The lowest BCUT2D eigenvalue weighted by molar-refractivity contribution is 0.103. The molecule has 7 heteroatoms. The summed E-state index contributed by atoms with van der Waals surface area (Å²) in [6.07, 6.45) is -1.07. The molecule has 2 amide bonds. The molecule has 0 aliphatic heterocycles. The van der Waals surface area contributed by atoms with Gasteiger partial charge < -0.3 is 25.6 Å². The molecule has 2 aromatic carbocycles. The number of rotatable bonds is 8. The maximum absolute atomic E-state index is 11.8. The Bertz CT molecular complexity index is 649. The summed E-state index contributed by atoms with van der Waals surface area (Å²) in [7, 11) is 0. The van der Waals surface area contributed by atoms with Crippen LogP contribution in [0.2, 0.25) is 0 Å². The van der Waals surface area contributed by atoms with Gasteiger partial charge in [-0.2, -0.15) is 0 Å². The maximum atomic E-state index is 11.8. The first-order valence-corrected chi connectivity index (χ1v) is 7.99. The van der Waals surface area contributed by atoms with Gasteiger partial charge in [0.1, 0.15) is 24.2 Å². The Balaban J connectivity index is 1.64. The van der Waals surface area contributed by atoms with Gasteiger partial charge in [-0.15, -0.1) is 0 Å². The number of para-hydroxylation sites is 1. The number of phenols is 1. The number of amides is 2. The molecule has 0 aromatic heterocycles. The Morgan fingerprint density at radius 2 is 1.80 bits per heavy atom. The Hall–Kier alpha value is -2.77. The van der Waals surface area contributed by atoms with Crippen molar-refractivity contribution < 1.29 is 19.7 Å². The van der Waals surface area contributed by atoms with Crippen molar-refractivity contribution >= 4 is 11.7 Å². The fourth-order valence-corrected chi connectivity index (χ4v) is 2.04. The Labute approximate surface area is 146 Å². The fourth-order valence-electron chi connectivity index (χ4n) is 2.04. The van der Waals surface area contributed by atoms with Gasteiger partial charge in [0, 0.05) is 12.2 Å². The van der Waals surface area contributed by atoms with Crippen LogP contribution in [0.3, 0.4) is 0 Å². The van der Waals surface area contributed by atoms with Crippen LogP contribution in [0.25, 0.3) is 0 Å². The van der Waals surface area contributed by atoms with Crippen LogP contribution in [0, 0.1) is 0 Å². The number of anilines is 1. The number of aliphatic hydroxyl groups is 1. The van der Waals surface area contributed by atoms with Crippen LogP contribution >= 0.6 is 0 Å². The minimum atomic E-state index is -0.741. The number of hydrogen-bond acceptors (Lipinski definition) is 5. The quantitative estimate of drug-likeness (QED) is 0.470. The van der Waals surface area contributed by atoms with Crippen molar-refractivity contribution in [3.8, 4) is 11.5 Å². The Kier molecular flexibility index (Phi) is 7.06. The number of hydrogen-bond donors (Lipinski definition) is 5. The van der Waals surface area contributed by atoms with Crippen LogP contribution in [0.4, 0.5) is 10.5 Å². The van der Waals surface area contributed by atoms with Crippen LogP contribution in [0.15, 0.2) is 54.6 Å². The third kappa shape index (κ3) is 7.11. The molecule has 2 aromatic rings. The molecule has 0 aliphatic rings. The highest BCUT2D eigenvalue weighted by Crippen LogP contribution is 2.15. The molecular formula is C18H23N3O4. The summed E-state index contributed by atoms with van der Waals surface area (Å²) < 4.78 is 5.41. The average Bonchev–Trinajstić information content (AvgIpc) is 2.60. The molecule has 0 fully saturated rings. The molecule has 25 heavy (non-hydrogen) atoms. The van der Waals surface area contributed by atoms with Crippen molar-refractivity contribution in [1.29, 1.82) is 0 Å². The van der Waals surface area contributed by atoms with E-state index in [4.69, 9.17) is 4.74 Å². The normalized spacial score (nSPS) is 12.9. The van der Waals surface area contributed by atoms with E-state index in [2.05, 4.69) is 16.0 Å². The SMILES string of the molecule is CC(NCC(O)COc1ccc(O)cc1)NC(=O)Nc1ccccc1. The first-order valence-electron chi connectivity index (χ1n) is 7.99. The number of phenolic OH excluding ortho intramolecular Hbond substituents is 1. The zero-order valence-electron chi connectivity index (χ0n) is 14.0. The van der Waals surface area contributed by atoms with Crippen LogP contribution in [-0.4, -0.2) is 41.7 Å². The van der Waals surface area contributed by atoms with Gasteiger partial charge in [-0.25, -0.2) is 4.79 Å². The molecule has 2 rings (SSSR count). The van der Waals surface area contributed by atoms with Crippen LogP contribution in [0.1, 0.15) is 6.92 Å². The molecule has 0 heterocycles. The molecule has 7 nitrogen and oxygen atoms in total. The van der Waals surface area contributed by atoms with E-state index < -0.39 is 6.10 Å². The first-order chi connectivity index (χ1) is 12.0. The topological polar surface area (TPSA) is 103 Å². The van der Waals surface area contributed by atoms with Crippen LogP contribution in [0.5, 0.6) is 11.5 Å². The Morgan fingerprint density at radius 1 is 1.12 bits per heavy atom. The summed E-state index contributed by atoms with van der Waals surface area (Å²) in [6, 6.07) is 15.1. The molecule has 0 bridgehead atoms. The average molecular weight is 345 g/mol. The summed E-state index contributed by atoms with van der Waals surface area (Å²) in [4.78, 5) is 11.8. The second kappa shape index (κ2) is 9.51. The van der Waals surface area contributed by atoms with E-state index in [1.165, 1.54) is 12.1 Å². The molecule has 0 saturated heterocycles. The second-order valence-electron chi connectivity index (χ2n) is 5.55. The number of benzene rings is 2. The van der Waals surface area contributed by atoms with Crippen molar-refractivity contribution in [3.05, 3.63) is 54.6 Å². The maximum Gasteiger partial charge on any atom is 0.320 e. The summed E-state index contributed by atoms with van der Waals surface area (Å²) in [5.74, 6) is 0.716. The highest BCUT2D eigenvalue weighted by molar-refractivity contribution is 5.89. The highest BCUT2D eigenvalue weighted by atomic mass is 16.5. The lowest BCUT2D eigenvalue weighted by atomic mass is 10.3. The van der Waals surface area contributed by atoms with Gasteiger partial charge in [0.25, 0.3) is 0 Å². The molecule has 0 radical (unpaired) electrons. The van der Waals surface area contributed by atoms with Gasteiger partial charge >= 0.3 is 6.03 Å². The number of carbonyl (C=O) groups is 1. The molecule has 2 atom stereocenters. The van der Waals surface area contributed by atoms with Crippen molar-refractivity contribution in [2.24, 2.45) is 0 Å². The fraction of sp³-hybridized carbons (Fsp3) is 0.278. The lowest BCUT2D eigenvalue weighted by Gasteiger charge is -2.19. The predicted octanol–water partition coefficient (Wildman–Crippen LogP) is 1.89. The van der Waals surface area contributed by atoms with Crippen molar-refractivity contribution in [2.75, 3.05) is 18.5 Å². The van der Waals surface area contributed by atoms with E-state index in [-0.39, 0.29) is 31.1 Å². The number of aromatic hydroxyl groups is 1. The van der Waals surface area contributed by atoms with Crippen LogP contribution in [-0.2, 0) is 0 Å². The van der Waals surface area contributed by atoms with E-state index in [0.717, 1.165) is 0 Å². The minimum absolute atomic E-state index is 0.0979. The van der Waals surface area contributed by atoms with Crippen LogP contribution < -0.4 is 20.7 Å². The monoisotopic (exact) mass is 345 g/mol. The van der Waals surface area contributed by atoms with Gasteiger partial charge in [-0.1, -0.05) is 18.2 Å². The zero-order chi connectivity index (χ0) is 18.1. The molecule has 5 N–H and O–H groups in total. The van der Waals surface area contributed by atoms with E-state index in [1.54, 1.807) is 31.2 Å². The van der Waals surface area contributed by atoms with Gasteiger partial charge in [0.05, 0.1) is 6.17 Å². The van der Waals surface area contributed by atoms with Gasteiger partial charge in [-0.05, 0) is 43.3 Å². The predicted molar refractivity (Wildman–Crippen MR) is 95.7 cm³/mol. The third-order valence-corrected chi connectivity index (χ3v) is 3.32. The molecule has 0 spiro atoms. The Morgan fingerprint density at radius 3 is 2.48 bits per heavy atom. The largest absolute Gasteiger partial charge is 0.508 e. The summed E-state index contributed by atoms with van der Waals surface area (Å²) in [6.45, 7) is 2.13. The first kappa shape index (κ1) is 18.6. The van der Waals surface area contributed by atoms with E-state index in [9.17, 15) is 15.0 Å². The summed E-state index contributed by atoms with van der Waals surface area (Å²) in [5.41, 5.74) is 0.703. The number of nitrogens with one attached hydrogen (secondary N) is 3. The molecule has 0 aliphatic carbocycles. The number of urea groups is 1. The number of carbonyl (C=O) groups excluding carboxylic acids is 1. The minimum Gasteiger partial charge on any atom is -0.508 e. The van der Waals surface area contributed by atoms with Gasteiger partial charge in [-0.3, -0.25) is 5.32 Å². The molecule has 2 unspecified atom stereocenters. The summed E-state index contributed by atoms with van der Waals surface area (Å²) >= 11 is 0. The molecular weight excluding hydrogens is 322 g/mol. The summed E-state index contributed by atoms with van der Waals surface area (Å²) in [5, 5.41) is 27.5. The van der Waals surface area contributed by atoms with Crippen molar-refractivity contribution in [2.45, 2.75) is 19.2 Å². The molecule has 0 saturated carbocycles. The van der Waals surface area contributed by atoms with E-state index in [0.29, 0.717) is 11.4 Å². The van der Waals surface area contributed by atoms with Crippen molar-refractivity contribution in [1.82, 2.24) is 10.6 Å². The second-order valence-corrected chi connectivity index (χ2v) is 5.55.